The predicted octanol–water partition coefficient (Wildman–Crippen LogP) is 2.88. The number of anilines is 1. The second-order valence-corrected chi connectivity index (χ2v) is 5.13. The number of hydrogen-bond acceptors (Lipinski definition) is 4. The van der Waals surface area contributed by atoms with Gasteiger partial charge in [0.15, 0.2) is 0 Å². The molecule has 0 fully saturated rings. The van der Waals surface area contributed by atoms with Crippen LogP contribution in [-0.4, -0.2) is 30.2 Å². The van der Waals surface area contributed by atoms with Crippen LogP contribution in [0.15, 0.2) is 23.6 Å². The van der Waals surface area contributed by atoms with Gasteiger partial charge in [-0.1, -0.05) is 6.07 Å². The normalized spacial score (nSPS) is 10.4. The molecule has 2 rings (SSSR count). The van der Waals surface area contributed by atoms with Crippen molar-refractivity contribution in [3.63, 3.8) is 0 Å². The summed E-state index contributed by atoms with van der Waals surface area (Å²) in [5.41, 5.74) is 1.80. The third-order valence-corrected chi connectivity index (χ3v) is 3.46. The summed E-state index contributed by atoms with van der Waals surface area (Å²) in [7, 11) is 3.60. The number of carboxylic acids is 1. The molecule has 0 amide bonds. The Labute approximate surface area is 110 Å². The van der Waals surface area contributed by atoms with E-state index in [-0.39, 0.29) is 5.56 Å². The van der Waals surface area contributed by atoms with E-state index < -0.39 is 5.97 Å². The molecule has 0 radical (unpaired) electrons. The molecule has 0 spiro atoms. The third-order valence-electron chi connectivity index (χ3n) is 2.55. The fraction of sp³-hybridized carbons (Fsp3) is 0.231. The summed E-state index contributed by atoms with van der Waals surface area (Å²) in [6.07, 6.45) is 0. The lowest BCUT2D eigenvalue weighted by Crippen LogP contribution is -2.17. The molecule has 2 aromatic rings. The summed E-state index contributed by atoms with van der Waals surface area (Å²) in [4.78, 5) is 18.5. The topological polar surface area (TPSA) is 53.4 Å². The highest BCUT2D eigenvalue weighted by Gasteiger charge is 2.20. The van der Waals surface area contributed by atoms with Crippen molar-refractivity contribution in [1.29, 1.82) is 0 Å². The van der Waals surface area contributed by atoms with Gasteiger partial charge in [0.05, 0.1) is 0 Å². The van der Waals surface area contributed by atoms with Gasteiger partial charge >= 0.3 is 5.97 Å². The Hall–Kier alpha value is -1.88. The molecule has 0 bridgehead atoms. The Bertz CT molecular complexity index is 577. The number of rotatable bonds is 3. The van der Waals surface area contributed by atoms with E-state index in [0.29, 0.717) is 5.82 Å². The van der Waals surface area contributed by atoms with Crippen LogP contribution in [0.4, 0.5) is 5.82 Å². The maximum atomic E-state index is 11.5. The second kappa shape index (κ2) is 4.78. The van der Waals surface area contributed by atoms with Gasteiger partial charge in [-0.15, -0.1) is 11.3 Å². The Morgan fingerprint density at radius 1 is 1.44 bits per heavy atom. The van der Waals surface area contributed by atoms with Gasteiger partial charge in [-0.3, -0.25) is 0 Å². The number of aromatic nitrogens is 1. The van der Waals surface area contributed by atoms with Crippen LogP contribution in [0, 0.1) is 6.92 Å². The molecule has 5 heteroatoms. The van der Waals surface area contributed by atoms with E-state index in [4.69, 9.17) is 0 Å². The fourth-order valence-electron chi connectivity index (χ4n) is 1.82. The van der Waals surface area contributed by atoms with Crippen LogP contribution < -0.4 is 4.90 Å². The standard InChI is InChI=1S/C13H14N2O2S/c1-8-7-9(10-5-4-6-18-10)11(13(16)17)12(14-8)15(2)3/h4-7H,1-3H3,(H,16,17). The van der Waals surface area contributed by atoms with Gasteiger partial charge in [0, 0.05) is 30.2 Å². The number of carbonyl (C=O) groups is 1. The van der Waals surface area contributed by atoms with E-state index in [2.05, 4.69) is 4.98 Å². The molecule has 0 unspecified atom stereocenters. The van der Waals surface area contributed by atoms with Gasteiger partial charge in [0.1, 0.15) is 11.4 Å². The molecular formula is C13H14N2O2S. The number of nitrogens with zero attached hydrogens (tertiary/aromatic N) is 2. The lowest BCUT2D eigenvalue weighted by molar-refractivity contribution is 0.0698. The zero-order valence-corrected chi connectivity index (χ0v) is 11.3. The number of thiophene rings is 1. The van der Waals surface area contributed by atoms with Crippen molar-refractivity contribution >= 4 is 23.1 Å². The minimum atomic E-state index is -0.949. The molecule has 2 heterocycles. The Morgan fingerprint density at radius 3 is 2.67 bits per heavy atom. The van der Waals surface area contributed by atoms with E-state index in [9.17, 15) is 9.90 Å². The Kier molecular flexibility index (Phi) is 3.34. The highest BCUT2D eigenvalue weighted by atomic mass is 32.1. The molecule has 2 aromatic heterocycles. The number of aryl methyl sites for hydroxylation is 1. The highest BCUT2D eigenvalue weighted by molar-refractivity contribution is 7.13. The molecule has 18 heavy (non-hydrogen) atoms. The zero-order valence-electron chi connectivity index (χ0n) is 10.5. The van der Waals surface area contributed by atoms with E-state index in [1.54, 1.807) is 19.0 Å². The first-order chi connectivity index (χ1) is 8.50. The summed E-state index contributed by atoms with van der Waals surface area (Å²) >= 11 is 1.53. The summed E-state index contributed by atoms with van der Waals surface area (Å²) in [5.74, 6) is -0.458. The number of hydrogen-bond donors (Lipinski definition) is 1. The molecule has 0 aliphatic heterocycles. The van der Waals surface area contributed by atoms with Crippen LogP contribution in [0.3, 0.4) is 0 Å². The maximum Gasteiger partial charge on any atom is 0.340 e. The van der Waals surface area contributed by atoms with E-state index in [0.717, 1.165) is 16.1 Å². The first-order valence-electron chi connectivity index (χ1n) is 5.47. The second-order valence-electron chi connectivity index (χ2n) is 4.19. The maximum absolute atomic E-state index is 11.5. The molecule has 0 saturated carbocycles. The molecule has 0 saturated heterocycles. The van der Waals surface area contributed by atoms with Crippen LogP contribution >= 0.6 is 11.3 Å². The first-order valence-corrected chi connectivity index (χ1v) is 6.35. The van der Waals surface area contributed by atoms with E-state index >= 15 is 0 Å². The van der Waals surface area contributed by atoms with Crippen LogP contribution in [0.2, 0.25) is 0 Å². The first kappa shape index (κ1) is 12.6. The Balaban J connectivity index is 2.75. The quantitative estimate of drug-likeness (QED) is 0.924. The molecule has 4 nitrogen and oxygen atoms in total. The van der Waals surface area contributed by atoms with E-state index in [1.165, 1.54) is 11.3 Å². The minimum absolute atomic E-state index is 0.257. The van der Waals surface area contributed by atoms with E-state index in [1.807, 2.05) is 30.5 Å². The number of aromatic carboxylic acids is 1. The van der Waals surface area contributed by atoms with Crippen LogP contribution in [0.25, 0.3) is 10.4 Å². The molecule has 0 atom stereocenters. The smallest absolute Gasteiger partial charge is 0.340 e. The molecule has 0 aliphatic carbocycles. The third kappa shape index (κ3) is 2.22. The summed E-state index contributed by atoms with van der Waals surface area (Å²) in [6.45, 7) is 1.87. The van der Waals surface area contributed by atoms with Crippen molar-refractivity contribution in [1.82, 2.24) is 4.98 Å². The zero-order chi connectivity index (χ0) is 13.3. The summed E-state index contributed by atoms with van der Waals surface area (Å²) in [5, 5.41) is 11.4. The fourth-order valence-corrected chi connectivity index (χ4v) is 2.57. The van der Waals surface area contributed by atoms with Crippen molar-refractivity contribution in [2.24, 2.45) is 0 Å². The van der Waals surface area contributed by atoms with Crippen LogP contribution in [-0.2, 0) is 0 Å². The Morgan fingerprint density at radius 2 is 2.17 bits per heavy atom. The van der Waals surface area contributed by atoms with Crippen molar-refractivity contribution in [3.05, 3.63) is 34.8 Å². The van der Waals surface area contributed by atoms with Crippen molar-refractivity contribution in [2.45, 2.75) is 6.92 Å². The molecule has 0 aromatic carbocycles. The van der Waals surface area contributed by atoms with Crippen molar-refractivity contribution in [3.8, 4) is 10.4 Å². The largest absolute Gasteiger partial charge is 0.478 e. The molecule has 0 aliphatic rings. The lowest BCUT2D eigenvalue weighted by Gasteiger charge is -2.17. The average Bonchev–Trinajstić information content (AvgIpc) is 2.80. The predicted molar refractivity (Wildman–Crippen MR) is 73.6 cm³/mol. The average molecular weight is 262 g/mol. The van der Waals surface area contributed by atoms with Gasteiger partial charge in [-0.2, -0.15) is 0 Å². The van der Waals surface area contributed by atoms with Gasteiger partial charge in [-0.05, 0) is 24.4 Å². The van der Waals surface area contributed by atoms with Gasteiger partial charge < -0.3 is 10.0 Å². The summed E-state index contributed by atoms with van der Waals surface area (Å²) in [6, 6.07) is 5.66. The van der Waals surface area contributed by atoms with Crippen LogP contribution in [0.1, 0.15) is 16.1 Å². The summed E-state index contributed by atoms with van der Waals surface area (Å²) < 4.78 is 0. The SMILES string of the molecule is Cc1cc(-c2cccs2)c(C(=O)O)c(N(C)C)n1. The van der Waals surface area contributed by atoms with Gasteiger partial charge in [-0.25, -0.2) is 9.78 Å². The lowest BCUT2D eigenvalue weighted by atomic mass is 10.1. The van der Waals surface area contributed by atoms with Gasteiger partial charge in [0.2, 0.25) is 0 Å². The number of pyridine rings is 1. The monoisotopic (exact) mass is 262 g/mol. The van der Waals surface area contributed by atoms with Gasteiger partial charge in [0.25, 0.3) is 0 Å². The molecule has 1 N–H and O–H groups in total. The van der Waals surface area contributed by atoms with Crippen LogP contribution in [0.5, 0.6) is 0 Å². The minimum Gasteiger partial charge on any atom is -0.478 e. The van der Waals surface area contributed by atoms with Crippen molar-refractivity contribution < 1.29 is 9.90 Å². The van der Waals surface area contributed by atoms with Crippen molar-refractivity contribution in [2.75, 3.05) is 19.0 Å². The highest BCUT2D eigenvalue weighted by Crippen LogP contribution is 2.33. The number of carboxylic acid groups (broad SMARTS) is 1. The molecule has 94 valence electrons. The molecular weight excluding hydrogens is 248 g/mol.